The zero-order chi connectivity index (χ0) is 10.3. The van der Waals surface area contributed by atoms with Gasteiger partial charge in [-0.15, -0.1) is 11.3 Å². The van der Waals surface area contributed by atoms with Crippen LogP contribution in [0.5, 0.6) is 0 Å². The van der Waals surface area contributed by atoms with E-state index in [0.717, 1.165) is 15.0 Å². The number of carboxylic acids is 1. The van der Waals surface area contributed by atoms with Gasteiger partial charge in [0.15, 0.2) is 0 Å². The number of hydrogen-bond donors (Lipinski definition) is 1. The molecule has 0 aliphatic rings. The zero-order valence-corrected chi connectivity index (χ0v) is 8.19. The fourth-order valence-corrected chi connectivity index (χ4v) is 2.29. The minimum Gasteiger partial charge on any atom is -0.478 e. The fourth-order valence-electron chi connectivity index (χ4n) is 1.36. The van der Waals surface area contributed by atoms with Gasteiger partial charge in [0.05, 0.1) is 5.56 Å². The van der Waals surface area contributed by atoms with Gasteiger partial charge in [0.1, 0.15) is 5.82 Å². The molecule has 72 valence electrons. The van der Waals surface area contributed by atoms with Crippen molar-refractivity contribution in [1.29, 1.82) is 0 Å². The average molecular weight is 210 g/mol. The van der Waals surface area contributed by atoms with E-state index in [1.54, 1.807) is 0 Å². The molecule has 0 fully saturated rings. The molecule has 0 aliphatic carbocycles. The van der Waals surface area contributed by atoms with Crippen molar-refractivity contribution in [2.75, 3.05) is 0 Å². The molecule has 0 unspecified atom stereocenters. The Morgan fingerprint density at radius 3 is 2.79 bits per heavy atom. The van der Waals surface area contributed by atoms with Crippen molar-refractivity contribution < 1.29 is 14.3 Å². The molecule has 0 bridgehead atoms. The van der Waals surface area contributed by atoms with Crippen molar-refractivity contribution in [1.82, 2.24) is 0 Å². The van der Waals surface area contributed by atoms with Gasteiger partial charge in [-0.3, -0.25) is 0 Å². The summed E-state index contributed by atoms with van der Waals surface area (Å²) >= 11 is 1.45. The van der Waals surface area contributed by atoms with E-state index in [9.17, 15) is 9.18 Å². The summed E-state index contributed by atoms with van der Waals surface area (Å²) in [5.41, 5.74) is -0.268. The molecular formula is C10H7FO2S. The third-order valence-corrected chi connectivity index (χ3v) is 2.97. The van der Waals surface area contributed by atoms with E-state index >= 15 is 0 Å². The molecule has 1 aromatic carbocycles. The van der Waals surface area contributed by atoms with Gasteiger partial charge in [0.25, 0.3) is 0 Å². The largest absolute Gasteiger partial charge is 0.478 e. The summed E-state index contributed by atoms with van der Waals surface area (Å²) in [4.78, 5) is 11.7. The van der Waals surface area contributed by atoms with Gasteiger partial charge in [-0.2, -0.15) is 0 Å². The first-order valence-corrected chi connectivity index (χ1v) is 4.82. The van der Waals surface area contributed by atoms with Crippen LogP contribution in [-0.4, -0.2) is 11.1 Å². The first kappa shape index (κ1) is 9.15. The summed E-state index contributed by atoms with van der Waals surface area (Å²) in [6.07, 6.45) is 0. The molecule has 1 N–H and O–H groups in total. The van der Waals surface area contributed by atoms with E-state index in [1.165, 1.54) is 23.5 Å². The van der Waals surface area contributed by atoms with Crippen LogP contribution in [0.25, 0.3) is 10.1 Å². The van der Waals surface area contributed by atoms with Crippen molar-refractivity contribution in [2.24, 2.45) is 0 Å². The summed E-state index contributed by atoms with van der Waals surface area (Å²) in [6.45, 7) is 1.91. The Bertz CT molecular complexity index is 516. The van der Waals surface area contributed by atoms with Crippen LogP contribution in [0.15, 0.2) is 18.2 Å². The Balaban J connectivity index is 2.76. The number of benzene rings is 1. The second kappa shape index (κ2) is 3.06. The first-order chi connectivity index (χ1) is 6.58. The zero-order valence-electron chi connectivity index (χ0n) is 7.37. The minimum absolute atomic E-state index is 0.268. The van der Waals surface area contributed by atoms with Gasteiger partial charge in [0.2, 0.25) is 0 Å². The number of aryl methyl sites for hydroxylation is 1. The molecule has 0 atom stereocenters. The molecule has 1 heterocycles. The van der Waals surface area contributed by atoms with Crippen LogP contribution in [0.3, 0.4) is 0 Å². The Kier molecular flexibility index (Phi) is 2.00. The molecule has 0 radical (unpaired) electrons. The van der Waals surface area contributed by atoms with Gasteiger partial charge in [-0.05, 0) is 30.5 Å². The highest BCUT2D eigenvalue weighted by Crippen LogP contribution is 2.27. The van der Waals surface area contributed by atoms with E-state index in [0.29, 0.717) is 0 Å². The molecule has 2 nitrogen and oxygen atoms in total. The molecule has 0 amide bonds. The normalized spacial score (nSPS) is 10.7. The SMILES string of the molecule is Cc1cc2cc(C(=O)O)c(F)cc2s1. The van der Waals surface area contributed by atoms with Crippen molar-refractivity contribution >= 4 is 27.4 Å². The van der Waals surface area contributed by atoms with Gasteiger partial charge in [-0.1, -0.05) is 0 Å². The lowest BCUT2D eigenvalue weighted by Gasteiger charge is -1.96. The summed E-state index contributed by atoms with van der Waals surface area (Å²) in [5.74, 6) is -1.90. The van der Waals surface area contributed by atoms with E-state index in [2.05, 4.69) is 0 Å². The Morgan fingerprint density at radius 2 is 2.14 bits per heavy atom. The highest BCUT2D eigenvalue weighted by molar-refractivity contribution is 7.19. The Hall–Kier alpha value is -1.42. The number of carboxylic acid groups (broad SMARTS) is 1. The number of fused-ring (bicyclic) bond motifs is 1. The number of hydrogen-bond acceptors (Lipinski definition) is 2. The summed E-state index contributed by atoms with van der Waals surface area (Å²) in [7, 11) is 0. The van der Waals surface area contributed by atoms with Crippen LogP contribution in [-0.2, 0) is 0 Å². The molecule has 1 aromatic heterocycles. The molecule has 0 spiro atoms. The van der Waals surface area contributed by atoms with Crippen LogP contribution < -0.4 is 0 Å². The molecule has 4 heteroatoms. The Labute approximate surface area is 83.6 Å². The van der Waals surface area contributed by atoms with Crippen molar-refractivity contribution in [3.8, 4) is 0 Å². The van der Waals surface area contributed by atoms with E-state index in [-0.39, 0.29) is 5.56 Å². The molecule has 2 aromatic rings. The summed E-state index contributed by atoms with van der Waals surface area (Å²) in [5, 5.41) is 9.48. The maximum absolute atomic E-state index is 13.2. The molecule has 2 rings (SSSR count). The fraction of sp³-hybridized carbons (Fsp3) is 0.100. The van der Waals surface area contributed by atoms with Gasteiger partial charge < -0.3 is 5.11 Å². The van der Waals surface area contributed by atoms with Crippen LogP contribution in [0, 0.1) is 12.7 Å². The van der Waals surface area contributed by atoms with E-state index < -0.39 is 11.8 Å². The minimum atomic E-state index is -1.23. The second-order valence-corrected chi connectivity index (χ2v) is 4.32. The monoisotopic (exact) mass is 210 g/mol. The summed E-state index contributed by atoms with van der Waals surface area (Å²) < 4.78 is 14.0. The number of carbonyl (C=O) groups is 1. The maximum atomic E-state index is 13.2. The average Bonchev–Trinajstić information content (AvgIpc) is 2.42. The molecule has 0 saturated heterocycles. The number of rotatable bonds is 1. The standard InChI is InChI=1S/C10H7FO2S/c1-5-2-6-3-7(10(12)13)8(11)4-9(6)14-5/h2-4H,1H3,(H,12,13). The quantitative estimate of drug-likeness (QED) is 0.785. The lowest BCUT2D eigenvalue weighted by atomic mass is 10.1. The lowest BCUT2D eigenvalue weighted by molar-refractivity contribution is 0.0692. The predicted octanol–water partition coefficient (Wildman–Crippen LogP) is 3.05. The second-order valence-electron chi connectivity index (χ2n) is 3.03. The van der Waals surface area contributed by atoms with Crippen LogP contribution in [0.1, 0.15) is 15.2 Å². The molecule has 14 heavy (non-hydrogen) atoms. The van der Waals surface area contributed by atoms with Gasteiger partial charge in [-0.25, -0.2) is 9.18 Å². The molecular weight excluding hydrogens is 203 g/mol. The van der Waals surface area contributed by atoms with Gasteiger partial charge >= 0.3 is 5.97 Å². The van der Waals surface area contributed by atoms with E-state index in [4.69, 9.17) is 5.11 Å². The highest BCUT2D eigenvalue weighted by atomic mass is 32.1. The van der Waals surface area contributed by atoms with Crippen molar-refractivity contribution in [3.63, 3.8) is 0 Å². The Morgan fingerprint density at radius 1 is 1.43 bits per heavy atom. The third-order valence-electron chi connectivity index (χ3n) is 1.96. The number of thiophene rings is 1. The highest BCUT2D eigenvalue weighted by Gasteiger charge is 2.12. The van der Waals surface area contributed by atoms with Crippen molar-refractivity contribution in [2.45, 2.75) is 6.92 Å². The maximum Gasteiger partial charge on any atom is 0.338 e. The smallest absolute Gasteiger partial charge is 0.338 e. The first-order valence-electron chi connectivity index (χ1n) is 4.01. The van der Waals surface area contributed by atoms with Crippen LogP contribution >= 0.6 is 11.3 Å². The number of aromatic carboxylic acids is 1. The summed E-state index contributed by atoms with van der Waals surface area (Å²) in [6, 6.07) is 4.50. The molecule has 0 aliphatic heterocycles. The number of halogens is 1. The van der Waals surface area contributed by atoms with Gasteiger partial charge in [0, 0.05) is 9.58 Å². The lowest BCUT2D eigenvalue weighted by Crippen LogP contribution is -1.99. The van der Waals surface area contributed by atoms with Crippen LogP contribution in [0.2, 0.25) is 0 Å². The topological polar surface area (TPSA) is 37.3 Å². The van der Waals surface area contributed by atoms with Crippen LogP contribution in [0.4, 0.5) is 4.39 Å². The van der Waals surface area contributed by atoms with Crippen molar-refractivity contribution in [3.05, 3.63) is 34.5 Å². The molecule has 0 saturated carbocycles. The van der Waals surface area contributed by atoms with E-state index in [1.807, 2.05) is 13.0 Å². The predicted molar refractivity (Wildman–Crippen MR) is 53.5 cm³/mol. The third kappa shape index (κ3) is 1.37.